The first kappa shape index (κ1) is 16.8. The highest BCUT2D eigenvalue weighted by Gasteiger charge is 2.23. The molecule has 0 amide bonds. The zero-order chi connectivity index (χ0) is 12.8. The van der Waals surface area contributed by atoms with Gasteiger partial charge in [-0.3, -0.25) is 0 Å². The molecule has 5 heteroatoms. The molecule has 1 saturated heterocycles. The molecule has 1 aromatic rings. The van der Waals surface area contributed by atoms with Gasteiger partial charge in [-0.05, 0) is 23.4 Å². The highest BCUT2D eigenvalue weighted by atomic mass is 35.5. The number of halogens is 1. The summed E-state index contributed by atoms with van der Waals surface area (Å²) in [4.78, 5) is 1.33. The molecule has 1 heterocycles. The van der Waals surface area contributed by atoms with Crippen molar-refractivity contribution in [1.29, 1.82) is 0 Å². The van der Waals surface area contributed by atoms with Gasteiger partial charge in [-0.2, -0.15) is 0 Å². The van der Waals surface area contributed by atoms with Crippen LogP contribution >= 0.6 is 24.2 Å². The van der Waals surface area contributed by atoms with Gasteiger partial charge in [0.2, 0.25) is 0 Å². The number of hydrogen-bond acceptors (Lipinski definition) is 4. The van der Waals surface area contributed by atoms with Gasteiger partial charge in [-0.25, -0.2) is 0 Å². The lowest BCUT2D eigenvalue weighted by molar-refractivity contribution is 0.146. The van der Waals surface area contributed by atoms with Crippen molar-refractivity contribution < 1.29 is 5.11 Å². The summed E-state index contributed by atoms with van der Waals surface area (Å²) < 4.78 is 0. The zero-order valence-electron chi connectivity index (χ0n) is 11.3. The van der Waals surface area contributed by atoms with E-state index in [1.54, 1.807) is 0 Å². The maximum Gasteiger partial charge on any atom is 0.0716 e. The summed E-state index contributed by atoms with van der Waals surface area (Å²) in [5.41, 5.74) is 1.31. The number of aliphatic hydroxyl groups excluding tert-OH is 1. The number of hydrogen-bond donors (Lipinski definition) is 3. The van der Waals surface area contributed by atoms with Crippen LogP contribution in [0.3, 0.4) is 0 Å². The fourth-order valence-corrected chi connectivity index (χ4v) is 2.98. The van der Waals surface area contributed by atoms with E-state index in [0.29, 0.717) is 5.92 Å². The van der Waals surface area contributed by atoms with Crippen LogP contribution in [0, 0.1) is 5.92 Å². The predicted octanol–water partition coefficient (Wildman–Crippen LogP) is 1.89. The topological polar surface area (TPSA) is 44.3 Å². The normalized spacial score (nSPS) is 22.2. The first-order valence-corrected chi connectivity index (χ1v) is 7.59. The Bertz CT molecular complexity index is 378. The van der Waals surface area contributed by atoms with Crippen LogP contribution in [-0.2, 0) is 6.54 Å². The van der Waals surface area contributed by atoms with Gasteiger partial charge >= 0.3 is 0 Å². The van der Waals surface area contributed by atoms with Gasteiger partial charge < -0.3 is 15.7 Å². The van der Waals surface area contributed by atoms with E-state index in [-0.39, 0.29) is 18.5 Å². The molecule has 0 spiro atoms. The fourth-order valence-electron chi connectivity index (χ4n) is 2.24. The van der Waals surface area contributed by atoms with Crippen LogP contribution in [0.1, 0.15) is 12.5 Å². The third-order valence-corrected chi connectivity index (χ3v) is 4.13. The van der Waals surface area contributed by atoms with E-state index in [2.05, 4.69) is 41.8 Å². The summed E-state index contributed by atoms with van der Waals surface area (Å²) in [5.74, 6) is 1.45. The molecule has 19 heavy (non-hydrogen) atoms. The SMILES string of the molecule is CCSc1cccc(CNCC2CNCC2O)c1.Cl. The summed E-state index contributed by atoms with van der Waals surface area (Å²) in [6.07, 6.45) is -0.195. The lowest BCUT2D eigenvalue weighted by Crippen LogP contribution is -2.30. The number of benzene rings is 1. The number of rotatable bonds is 6. The Morgan fingerprint density at radius 3 is 2.95 bits per heavy atom. The van der Waals surface area contributed by atoms with Crippen LogP contribution in [0.2, 0.25) is 0 Å². The average molecular weight is 303 g/mol. The van der Waals surface area contributed by atoms with Crippen molar-refractivity contribution in [3.8, 4) is 0 Å². The molecule has 2 atom stereocenters. The van der Waals surface area contributed by atoms with Crippen LogP contribution in [-0.4, -0.2) is 36.6 Å². The van der Waals surface area contributed by atoms with Crippen molar-refractivity contribution in [1.82, 2.24) is 10.6 Å². The minimum absolute atomic E-state index is 0. The molecule has 1 fully saturated rings. The van der Waals surface area contributed by atoms with Crippen LogP contribution in [0.4, 0.5) is 0 Å². The minimum atomic E-state index is -0.195. The maximum atomic E-state index is 9.69. The average Bonchev–Trinajstić information content (AvgIpc) is 2.76. The molecule has 1 aromatic carbocycles. The van der Waals surface area contributed by atoms with Crippen molar-refractivity contribution in [3.63, 3.8) is 0 Å². The van der Waals surface area contributed by atoms with Gasteiger partial charge in [0.1, 0.15) is 0 Å². The standard InChI is InChI=1S/C14H22N2OS.ClH/c1-2-18-13-5-3-4-11(6-13)7-15-8-12-9-16-10-14(12)17;/h3-6,12,14-17H,2,7-10H2,1H3;1H. The quantitative estimate of drug-likeness (QED) is 0.702. The zero-order valence-corrected chi connectivity index (χ0v) is 12.9. The molecular weight excluding hydrogens is 280 g/mol. The highest BCUT2D eigenvalue weighted by molar-refractivity contribution is 7.99. The van der Waals surface area contributed by atoms with Gasteiger partial charge in [-0.1, -0.05) is 19.1 Å². The molecule has 0 saturated carbocycles. The molecule has 2 unspecified atom stereocenters. The number of aliphatic hydroxyl groups is 1. The van der Waals surface area contributed by atoms with E-state index in [0.717, 1.165) is 31.9 Å². The molecule has 0 radical (unpaired) electrons. The second-order valence-electron chi connectivity index (χ2n) is 4.70. The van der Waals surface area contributed by atoms with Crippen molar-refractivity contribution in [2.24, 2.45) is 5.92 Å². The summed E-state index contributed by atoms with van der Waals surface area (Å²) in [6, 6.07) is 8.66. The molecule has 2 rings (SSSR count). The van der Waals surface area contributed by atoms with Gasteiger partial charge in [-0.15, -0.1) is 24.2 Å². The number of nitrogens with one attached hydrogen (secondary N) is 2. The van der Waals surface area contributed by atoms with E-state index in [1.165, 1.54) is 10.5 Å². The third-order valence-electron chi connectivity index (χ3n) is 3.25. The summed E-state index contributed by atoms with van der Waals surface area (Å²) in [7, 11) is 0. The molecule has 0 bridgehead atoms. The van der Waals surface area contributed by atoms with Gasteiger partial charge in [0.05, 0.1) is 6.10 Å². The summed E-state index contributed by atoms with van der Waals surface area (Å²) >= 11 is 1.87. The Labute approximate surface area is 126 Å². The van der Waals surface area contributed by atoms with Crippen molar-refractivity contribution >= 4 is 24.2 Å². The van der Waals surface area contributed by atoms with Crippen molar-refractivity contribution in [3.05, 3.63) is 29.8 Å². The van der Waals surface area contributed by atoms with Gasteiger partial charge in [0.25, 0.3) is 0 Å². The summed E-state index contributed by atoms with van der Waals surface area (Å²) in [5, 5.41) is 16.3. The molecule has 3 nitrogen and oxygen atoms in total. The molecule has 0 aromatic heterocycles. The van der Waals surface area contributed by atoms with E-state index in [9.17, 15) is 5.11 Å². The molecular formula is C14H23ClN2OS. The van der Waals surface area contributed by atoms with Gasteiger partial charge in [0, 0.05) is 37.0 Å². The van der Waals surface area contributed by atoms with E-state index in [4.69, 9.17) is 0 Å². The molecule has 3 N–H and O–H groups in total. The molecule has 1 aliphatic rings. The Hall–Kier alpha value is -0.260. The van der Waals surface area contributed by atoms with Gasteiger partial charge in [0.15, 0.2) is 0 Å². The predicted molar refractivity (Wildman–Crippen MR) is 84.2 cm³/mol. The van der Waals surface area contributed by atoms with Crippen molar-refractivity contribution in [2.45, 2.75) is 24.5 Å². The van der Waals surface area contributed by atoms with Crippen LogP contribution < -0.4 is 10.6 Å². The van der Waals surface area contributed by atoms with E-state index in [1.807, 2.05) is 11.8 Å². The largest absolute Gasteiger partial charge is 0.391 e. The molecule has 108 valence electrons. The van der Waals surface area contributed by atoms with Crippen LogP contribution in [0.5, 0.6) is 0 Å². The van der Waals surface area contributed by atoms with Crippen LogP contribution in [0.25, 0.3) is 0 Å². The fraction of sp³-hybridized carbons (Fsp3) is 0.571. The third kappa shape index (κ3) is 5.32. The lowest BCUT2D eigenvalue weighted by Gasteiger charge is -2.14. The Morgan fingerprint density at radius 1 is 1.42 bits per heavy atom. The molecule has 0 aliphatic carbocycles. The van der Waals surface area contributed by atoms with E-state index >= 15 is 0 Å². The monoisotopic (exact) mass is 302 g/mol. The smallest absolute Gasteiger partial charge is 0.0716 e. The van der Waals surface area contributed by atoms with E-state index < -0.39 is 0 Å². The van der Waals surface area contributed by atoms with Crippen LogP contribution in [0.15, 0.2) is 29.2 Å². The number of thioether (sulfide) groups is 1. The summed E-state index contributed by atoms with van der Waals surface area (Å²) in [6.45, 7) is 5.57. The minimum Gasteiger partial charge on any atom is -0.391 e. The second-order valence-corrected chi connectivity index (χ2v) is 6.03. The first-order chi connectivity index (χ1) is 8.79. The molecule has 1 aliphatic heterocycles. The second kappa shape index (κ2) is 8.82. The Morgan fingerprint density at radius 2 is 2.26 bits per heavy atom. The highest BCUT2D eigenvalue weighted by Crippen LogP contribution is 2.18. The lowest BCUT2D eigenvalue weighted by atomic mass is 10.1. The maximum absolute atomic E-state index is 9.69. The van der Waals surface area contributed by atoms with Crippen molar-refractivity contribution in [2.75, 3.05) is 25.4 Å². The Kier molecular flexibility index (Phi) is 7.80. The Balaban J connectivity index is 0.00000180. The number of β-amino-alcohol motifs (C(OH)–C–C–N with tert-alkyl or cyclic N) is 1. The first-order valence-electron chi connectivity index (χ1n) is 6.61.